The number of para-hydroxylation sites is 1. The van der Waals surface area contributed by atoms with Crippen molar-refractivity contribution in [3.8, 4) is 0 Å². The largest absolute Gasteiger partial charge is 0.310 e. The van der Waals surface area contributed by atoms with Gasteiger partial charge in [0.2, 0.25) is 0 Å². The molecule has 1 unspecified atom stereocenters. The number of nitrogens with one attached hydrogen (secondary N) is 1. The first kappa shape index (κ1) is 13.5. The third-order valence-electron chi connectivity index (χ3n) is 3.26. The number of pyridine rings is 1. The van der Waals surface area contributed by atoms with Gasteiger partial charge in [0.25, 0.3) is 0 Å². The van der Waals surface area contributed by atoms with Gasteiger partial charge in [-0.25, -0.2) is 0 Å². The zero-order chi connectivity index (χ0) is 13.1. The number of nitrogens with zero attached hydrogens (tertiary/aromatic N) is 1. The summed E-state index contributed by atoms with van der Waals surface area (Å²) in [4.78, 5) is 4.61. The number of halogens is 1. The van der Waals surface area contributed by atoms with Crippen molar-refractivity contribution in [1.29, 1.82) is 0 Å². The smallest absolute Gasteiger partial charge is 0.0850 e. The first-order chi connectivity index (χ1) is 8.61. The van der Waals surface area contributed by atoms with Crippen LogP contribution in [-0.4, -0.2) is 11.0 Å². The SMILES string of the molecule is CCC(C)NCc1cc(C)nc2c(Br)cccc12. The van der Waals surface area contributed by atoms with Gasteiger partial charge in [0.15, 0.2) is 0 Å². The molecule has 0 radical (unpaired) electrons. The number of hydrogen-bond acceptors (Lipinski definition) is 2. The molecule has 0 amide bonds. The van der Waals surface area contributed by atoms with Crippen molar-refractivity contribution >= 4 is 26.8 Å². The molecule has 1 aromatic carbocycles. The van der Waals surface area contributed by atoms with E-state index in [2.05, 4.69) is 58.3 Å². The quantitative estimate of drug-likeness (QED) is 0.916. The van der Waals surface area contributed by atoms with Crippen LogP contribution in [0, 0.1) is 6.92 Å². The zero-order valence-electron chi connectivity index (χ0n) is 11.1. The van der Waals surface area contributed by atoms with Crippen molar-refractivity contribution in [2.24, 2.45) is 0 Å². The predicted molar refractivity (Wildman–Crippen MR) is 80.8 cm³/mol. The Balaban J connectivity index is 2.40. The number of benzene rings is 1. The summed E-state index contributed by atoms with van der Waals surface area (Å²) in [5, 5.41) is 4.77. The van der Waals surface area contributed by atoms with Gasteiger partial charge in [-0.2, -0.15) is 0 Å². The van der Waals surface area contributed by atoms with Crippen LogP contribution in [0.3, 0.4) is 0 Å². The van der Waals surface area contributed by atoms with Crippen molar-refractivity contribution in [2.75, 3.05) is 0 Å². The van der Waals surface area contributed by atoms with Crippen LogP contribution in [0.1, 0.15) is 31.5 Å². The summed E-state index contributed by atoms with van der Waals surface area (Å²) in [6.45, 7) is 7.35. The van der Waals surface area contributed by atoms with E-state index in [4.69, 9.17) is 0 Å². The molecule has 1 N–H and O–H groups in total. The van der Waals surface area contributed by atoms with Gasteiger partial charge in [0.05, 0.1) is 5.52 Å². The Morgan fingerprint density at radius 1 is 1.39 bits per heavy atom. The molecule has 96 valence electrons. The monoisotopic (exact) mass is 306 g/mol. The number of fused-ring (bicyclic) bond motifs is 1. The molecule has 0 spiro atoms. The first-order valence-electron chi connectivity index (χ1n) is 6.40. The van der Waals surface area contributed by atoms with E-state index in [0.717, 1.165) is 28.6 Å². The van der Waals surface area contributed by atoms with Gasteiger partial charge in [-0.1, -0.05) is 19.1 Å². The van der Waals surface area contributed by atoms with Crippen LogP contribution in [0.25, 0.3) is 10.9 Å². The Kier molecular flexibility index (Phi) is 4.36. The fourth-order valence-electron chi connectivity index (χ4n) is 2.00. The second-order valence-corrected chi connectivity index (χ2v) is 5.60. The lowest BCUT2D eigenvalue weighted by Gasteiger charge is -2.14. The van der Waals surface area contributed by atoms with Crippen LogP contribution in [0.4, 0.5) is 0 Å². The molecule has 2 rings (SSSR count). The fourth-order valence-corrected chi connectivity index (χ4v) is 2.46. The molecule has 0 aliphatic rings. The molecule has 0 bridgehead atoms. The van der Waals surface area contributed by atoms with Crippen molar-refractivity contribution in [3.63, 3.8) is 0 Å². The number of rotatable bonds is 4. The van der Waals surface area contributed by atoms with Gasteiger partial charge >= 0.3 is 0 Å². The number of aryl methyl sites for hydroxylation is 1. The normalized spacial score (nSPS) is 12.9. The molecule has 1 aromatic heterocycles. The van der Waals surface area contributed by atoms with Crippen molar-refractivity contribution in [1.82, 2.24) is 10.3 Å². The molecule has 1 atom stereocenters. The molecule has 1 heterocycles. The van der Waals surface area contributed by atoms with E-state index in [1.54, 1.807) is 0 Å². The minimum absolute atomic E-state index is 0.542. The van der Waals surface area contributed by atoms with Gasteiger partial charge in [0, 0.05) is 28.1 Å². The second-order valence-electron chi connectivity index (χ2n) is 4.75. The number of aromatic nitrogens is 1. The Labute approximate surface area is 117 Å². The first-order valence-corrected chi connectivity index (χ1v) is 7.19. The van der Waals surface area contributed by atoms with Crippen molar-refractivity contribution < 1.29 is 0 Å². The molecular formula is C15H19BrN2. The minimum Gasteiger partial charge on any atom is -0.310 e. The molecular weight excluding hydrogens is 288 g/mol. The third kappa shape index (κ3) is 2.90. The Morgan fingerprint density at radius 3 is 2.89 bits per heavy atom. The lowest BCUT2D eigenvalue weighted by Crippen LogP contribution is -2.24. The Hall–Kier alpha value is -0.930. The molecule has 18 heavy (non-hydrogen) atoms. The highest BCUT2D eigenvalue weighted by Gasteiger charge is 2.07. The highest BCUT2D eigenvalue weighted by molar-refractivity contribution is 9.10. The summed E-state index contributed by atoms with van der Waals surface area (Å²) in [5.74, 6) is 0. The average Bonchev–Trinajstić information content (AvgIpc) is 2.36. The summed E-state index contributed by atoms with van der Waals surface area (Å²) in [7, 11) is 0. The molecule has 0 fully saturated rings. The topological polar surface area (TPSA) is 24.9 Å². The van der Waals surface area contributed by atoms with Gasteiger partial charge in [-0.3, -0.25) is 4.98 Å². The lowest BCUT2D eigenvalue weighted by atomic mass is 10.1. The van der Waals surface area contributed by atoms with Crippen LogP contribution in [0.15, 0.2) is 28.7 Å². The van der Waals surface area contributed by atoms with Gasteiger partial charge in [-0.05, 0) is 53.9 Å². The molecule has 0 aliphatic heterocycles. The molecule has 3 heteroatoms. The van der Waals surface area contributed by atoms with Gasteiger partial charge < -0.3 is 5.32 Å². The summed E-state index contributed by atoms with van der Waals surface area (Å²) in [5.41, 5.74) is 3.44. The van der Waals surface area contributed by atoms with Crippen LogP contribution in [-0.2, 0) is 6.54 Å². The summed E-state index contributed by atoms with van der Waals surface area (Å²) in [6, 6.07) is 8.96. The van der Waals surface area contributed by atoms with Crippen LogP contribution >= 0.6 is 15.9 Å². The summed E-state index contributed by atoms with van der Waals surface area (Å²) < 4.78 is 1.06. The second kappa shape index (κ2) is 5.81. The molecule has 0 saturated carbocycles. The summed E-state index contributed by atoms with van der Waals surface area (Å²) in [6.07, 6.45) is 1.14. The highest BCUT2D eigenvalue weighted by atomic mass is 79.9. The van der Waals surface area contributed by atoms with Crippen LogP contribution in [0.2, 0.25) is 0 Å². The fraction of sp³-hybridized carbons (Fsp3) is 0.400. The standard InChI is InChI=1S/C15H19BrN2/c1-4-10(2)17-9-12-8-11(3)18-15-13(12)6-5-7-14(15)16/h5-8,10,17H,4,9H2,1-3H3. The van der Waals surface area contributed by atoms with E-state index >= 15 is 0 Å². The molecule has 2 nitrogen and oxygen atoms in total. The Bertz CT molecular complexity index is 551. The van der Waals surface area contributed by atoms with Gasteiger partial charge in [0.1, 0.15) is 0 Å². The van der Waals surface area contributed by atoms with E-state index in [1.165, 1.54) is 10.9 Å². The van der Waals surface area contributed by atoms with Crippen LogP contribution < -0.4 is 5.32 Å². The average molecular weight is 307 g/mol. The third-order valence-corrected chi connectivity index (χ3v) is 3.90. The number of hydrogen-bond donors (Lipinski definition) is 1. The maximum atomic E-state index is 4.61. The predicted octanol–water partition coefficient (Wildman–Crippen LogP) is 4.19. The highest BCUT2D eigenvalue weighted by Crippen LogP contribution is 2.25. The lowest BCUT2D eigenvalue weighted by molar-refractivity contribution is 0.535. The maximum absolute atomic E-state index is 4.61. The minimum atomic E-state index is 0.542. The van der Waals surface area contributed by atoms with E-state index in [1.807, 2.05) is 13.0 Å². The van der Waals surface area contributed by atoms with E-state index in [-0.39, 0.29) is 0 Å². The van der Waals surface area contributed by atoms with Crippen molar-refractivity contribution in [2.45, 2.75) is 39.8 Å². The van der Waals surface area contributed by atoms with E-state index < -0.39 is 0 Å². The van der Waals surface area contributed by atoms with Gasteiger partial charge in [-0.15, -0.1) is 0 Å². The Morgan fingerprint density at radius 2 is 2.17 bits per heavy atom. The maximum Gasteiger partial charge on any atom is 0.0850 e. The zero-order valence-corrected chi connectivity index (χ0v) is 12.7. The molecule has 2 aromatic rings. The summed E-state index contributed by atoms with van der Waals surface area (Å²) >= 11 is 3.58. The molecule has 0 aliphatic carbocycles. The molecule has 0 saturated heterocycles. The van der Waals surface area contributed by atoms with E-state index in [9.17, 15) is 0 Å². The van der Waals surface area contributed by atoms with Crippen LogP contribution in [0.5, 0.6) is 0 Å². The van der Waals surface area contributed by atoms with Crippen molar-refractivity contribution in [3.05, 3.63) is 40.0 Å². The van der Waals surface area contributed by atoms with E-state index in [0.29, 0.717) is 6.04 Å².